The smallest absolute Gasteiger partial charge is 0.354 e. The normalized spacial score (nSPS) is 15.9. The second-order valence-electron chi connectivity index (χ2n) is 14.8. The van der Waals surface area contributed by atoms with E-state index < -0.39 is 5.97 Å². The molecule has 12 heteroatoms. The van der Waals surface area contributed by atoms with Crippen LogP contribution in [0.25, 0.3) is 32.8 Å². The van der Waals surface area contributed by atoms with Crippen molar-refractivity contribution in [2.75, 3.05) is 26.9 Å². The van der Waals surface area contributed by atoms with Crippen molar-refractivity contribution in [3.8, 4) is 16.9 Å². The third-order valence-corrected chi connectivity index (χ3v) is 12.6. The maximum atomic E-state index is 14.4. The number of ether oxygens (including phenoxy) is 3. The molecule has 8 bridgehead atoms. The van der Waals surface area contributed by atoms with Crippen LogP contribution in [0.2, 0.25) is 5.02 Å². The first kappa shape index (κ1) is 37.6. The van der Waals surface area contributed by atoms with Crippen LogP contribution in [0.3, 0.4) is 0 Å². The molecule has 1 saturated heterocycles. The van der Waals surface area contributed by atoms with Gasteiger partial charge in [-0.1, -0.05) is 17.7 Å². The molecule has 9 nitrogen and oxygen atoms in total. The first-order valence-corrected chi connectivity index (χ1v) is 20.7. The first-order chi connectivity index (χ1) is 26.7. The summed E-state index contributed by atoms with van der Waals surface area (Å²) in [5, 5.41) is 13.4. The van der Waals surface area contributed by atoms with Crippen LogP contribution in [0.15, 0.2) is 48.5 Å². The summed E-state index contributed by atoms with van der Waals surface area (Å²) >= 11 is 9.00. The highest BCUT2D eigenvalue weighted by atomic mass is 35.5. The molecule has 0 N–H and O–H groups in total. The molecule has 5 heterocycles. The van der Waals surface area contributed by atoms with Crippen molar-refractivity contribution in [1.29, 1.82) is 0 Å². The fourth-order valence-corrected chi connectivity index (χ4v) is 9.57. The molecule has 0 amide bonds. The first-order valence-electron chi connectivity index (χ1n) is 19.2. The van der Waals surface area contributed by atoms with E-state index in [1.807, 2.05) is 35.4 Å². The Morgan fingerprint density at radius 2 is 1.85 bits per heavy atom. The van der Waals surface area contributed by atoms with Gasteiger partial charge >= 0.3 is 5.97 Å². The summed E-state index contributed by atoms with van der Waals surface area (Å²) < 4.78 is 38.1. The number of hydrogen-bond donors (Lipinski definition) is 0. The lowest BCUT2D eigenvalue weighted by atomic mass is 9.96. The summed E-state index contributed by atoms with van der Waals surface area (Å²) in [6.07, 6.45) is 5.33. The summed E-state index contributed by atoms with van der Waals surface area (Å²) in [4.78, 5) is 13.5. The van der Waals surface area contributed by atoms with Crippen LogP contribution >= 0.6 is 23.4 Å². The van der Waals surface area contributed by atoms with Gasteiger partial charge in [0.1, 0.15) is 17.3 Å². The third-order valence-electron chi connectivity index (χ3n) is 11.3. The second-order valence-corrected chi connectivity index (χ2v) is 16.2. The predicted molar refractivity (Wildman–Crippen MR) is 217 cm³/mol. The zero-order chi connectivity index (χ0) is 38.2. The Kier molecular flexibility index (Phi) is 11.0. The average molecular weight is 784 g/mol. The molecule has 0 radical (unpaired) electrons. The monoisotopic (exact) mass is 783 g/mol. The van der Waals surface area contributed by atoms with Gasteiger partial charge in [-0.25, -0.2) is 9.18 Å². The summed E-state index contributed by atoms with van der Waals surface area (Å²) in [6, 6.07) is 15.1. The van der Waals surface area contributed by atoms with Crippen molar-refractivity contribution in [2.24, 2.45) is 13.0 Å². The zero-order valence-electron chi connectivity index (χ0n) is 31.9. The number of hydrogen-bond acceptors (Lipinski definition) is 7. The van der Waals surface area contributed by atoms with Crippen LogP contribution in [-0.4, -0.2) is 57.0 Å². The molecule has 0 atom stereocenters. The second kappa shape index (κ2) is 16.0. The van der Waals surface area contributed by atoms with Crippen LogP contribution in [0.5, 0.6) is 5.75 Å². The van der Waals surface area contributed by atoms with Crippen molar-refractivity contribution < 1.29 is 23.4 Å². The maximum Gasteiger partial charge on any atom is 0.354 e. The van der Waals surface area contributed by atoms with E-state index in [4.69, 9.17) is 36.0 Å². The zero-order valence-corrected chi connectivity index (χ0v) is 33.5. The molecule has 288 valence electrons. The molecule has 2 aliphatic rings. The van der Waals surface area contributed by atoms with E-state index in [2.05, 4.69) is 29.8 Å². The van der Waals surface area contributed by atoms with Gasteiger partial charge in [0.05, 0.1) is 25.1 Å². The van der Waals surface area contributed by atoms with E-state index in [1.165, 1.54) is 13.2 Å². The van der Waals surface area contributed by atoms with E-state index in [0.717, 1.165) is 119 Å². The summed E-state index contributed by atoms with van der Waals surface area (Å²) in [7, 11) is 3.41. The number of fused-ring (bicyclic) bond motifs is 8. The van der Waals surface area contributed by atoms with Gasteiger partial charge in [-0.3, -0.25) is 9.36 Å². The molecular formula is C43H47ClFN5O4S. The number of thioether (sulfide) groups is 1. The number of carbonyl (C=O) groups is 1. The molecule has 0 spiro atoms. The summed E-state index contributed by atoms with van der Waals surface area (Å²) in [5.74, 6) is 2.02. The maximum absolute atomic E-state index is 14.4. The summed E-state index contributed by atoms with van der Waals surface area (Å²) in [6.45, 7) is 7.47. The minimum absolute atomic E-state index is 0.282. The van der Waals surface area contributed by atoms with Crippen LogP contribution in [0.4, 0.5) is 4.39 Å². The van der Waals surface area contributed by atoms with Crippen molar-refractivity contribution in [2.45, 2.75) is 77.0 Å². The Bertz CT molecular complexity index is 2390. The standard InChI is InChI=1S/C43H47ClFN5O4S/c1-26-39-37-11-10-35(44)41(39)40-27(2)50(16-12-28-13-18-53-19-14-28)47-36(40)25-55-24-32-23-33(48(3)46-32)8-6-29-20-30-22-31(45)7-9-34(30)38(21-29)54-17-5-15-49(37)42(26)43(51)52-4/h7,9-11,20-23,28H,5-6,8,12-19,24-25H2,1-4H3. The van der Waals surface area contributed by atoms with Gasteiger partial charge in [-0.2, -0.15) is 10.2 Å². The van der Waals surface area contributed by atoms with Gasteiger partial charge in [-0.05, 0) is 117 Å². The Labute approximate surface area is 330 Å². The van der Waals surface area contributed by atoms with Crippen molar-refractivity contribution >= 4 is 51.0 Å². The van der Waals surface area contributed by atoms with Gasteiger partial charge in [-0.15, -0.1) is 11.8 Å². The molecule has 0 unspecified atom stereocenters. The Balaban J connectivity index is 1.23. The Morgan fingerprint density at radius 3 is 2.67 bits per heavy atom. The number of rotatable bonds is 4. The van der Waals surface area contributed by atoms with Gasteiger partial charge in [0, 0.05) is 88.7 Å². The molecule has 1 fully saturated rings. The highest BCUT2D eigenvalue weighted by Crippen LogP contribution is 2.43. The molecule has 55 heavy (non-hydrogen) atoms. The van der Waals surface area contributed by atoms with Gasteiger partial charge in [0.2, 0.25) is 0 Å². The topological polar surface area (TPSA) is 85.3 Å². The number of carbonyl (C=O) groups excluding carboxylic acids is 1. The lowest BCUT2D eigenvalue weighted by Crippen LogP contribution is -2.18. The largest absolute Gasteiger partial charge is 0.493 e. The predicted octanol–water partition coefficient (Wildman–Crippen LogP) is 9.41. The Morgan fingerprint density at radius 1 is 1.02 bits per heavy atom. The number of halogens is 2. The highest BCUT2D eigenvalue weighted by molar-refractivity contribution is 7.97. The van der Waals surface area contributed by atoms with Gasteiger partial charge < -0.3 is 18.8 Å². The van der Waals surface area contributed by atoms with Crippen LogP contribution in [0, 0.1) is 25.6 Å². The van der Waals surface area contributed by atoms with Crippen molar-refractivity contribution in [3.63, 3.8) is 0 Å². The number of benzene rings is 3. The highest BCUT2D eigenvalue weighted by Gasteiger charge is 2.28. The molecule has 2 aliphatic heterocycles. The van der Waals surface area contributed by atoms with Crippen molar-refractivity contribution in [3.05, 3.63) is 99.0 Å². The fraction of sp³-hybridized carbons (Fsp3) is 0.419. The van der Waals surface area contributed by atoms with E-state index in [0.29, 0.717) is 53.5 Å². The van der Waals surface area contributed by atoms with Crippen molar-refractivity contribution in [1.82, 2.24) is 24.1 Å². The quantitative estimate of drug-likeness (QED) is 0.165. The molecular weight excluding hydrogens is 737 g/mol. The molecule has 6 aromatic rings. The Hall–Kier alpha value is -4.32. The summed E-state index contributed by atoms with van der Waals surface area (Å²) in [5.41, 5.74) is 9.36. The number of aryl methyl sites for hydroxylation is 6. The lowest BCUT2D eigenvalue weighted by molar-refractivity contribution is 0.0587. The minimum atomic E-state index is -0.402. The lowest BCUT2D eigenvalue weighted by Gasteiger charge is -2.22. The molecule has 0 saturated carbocycles. The number of esters is 1. The third kappa shape index (κ3) is 7.50. The van der Waals surface area contributed by atoms with Crippen LogP contribution in [-0.2, 0) is 54.0 Å². The van der Waals surface area contributed by atoms with E-state index >= 15 is 0 Å². The van der Waals surface area contributed by atoms with Gasteiger partial charge in [0.25, 0.3) is 0 Å². The number of methoxy groups -OCH3 is 1. The number of nitrogens with zero attached hydrogens (tertiary/aromatic N) is 5. The molecule has 3 aromatic heterocycles. The van der Waals surface area contributed by atoms with Gasteiger partial charge in [0.15, 0.2) is 0 Å². The molecule has 8 rings (SSSR count). The molecule has 0 aliphatic carbocycles. The molecule has 3 aromatic carbocycles. The SMILES string of the molecule is COC(=O)c1c(C)c2c3c(Cl)ccc2n1CCCOc1cc(cc2cc(F)ccc12)CCc1cc(nn1C)CSCc1nn(CCC2CCOCC2)c(C)c1-3. The van der Waals surface area contributed by atoms with Crippen LogP contribution in [0.1, 0.15) is 70.1 Å². The van der Waals surface area contributed by atoms with E-state index in [9.17, 15) is 9.18 Å². The van der Waals surface area contributed by atoms with Crippen LogP contribution < -0.4 is 4.74 Å². The van der Waals surface area contributed by atoms with E-state index in [-0.39, 0.29) is 5.82 Å². The minimum Gasteiger partial charge on any atom is -0.493 e. The fourth-order valence-electron chi connectivity index (χ4n) is 8.48. The van der Waals surface area contributed by atoms with E-state index in [1.54, 1.807) is 23.9 Å². The number of aromatic nitrogens is 5. The average Bonchev–Trinajstić information content (AvgIpc) is 3.79.